The van der Waals surface area contributed by atoms with E-state index in [1.807, 2.05) is 0 Å². The molecule has 2 N–H and O–H groups in total. The van der Waals surface area contributed by atoms with Crippen LogP contribution < -0.4 is 5.32 Å². The van der Waals surface area contributed by atoms with E-state index in [4.69, 9.17) is 9.84 Å². The number of hydrogen-bond acceptors (Lipinski definition) is 4. The Balaban J connectivity index is 2.56. The lowest BCUT2D eigenvalue weighted by Crippen LogP contribution is -2.19. The molecule has 0 atom stereocenters. The molecule has 0 unspecified atom stereocenters. The van der Waals surface area contributed by atoms with E-state index in [1.54, 1.807) is 18.9 Å². The Labute approximate surface area is 108 Å². The molecule has 0 radical (unpaired) electrons. The summed E-state index contributed by atoms with van der Waals surface area (Å²) in [4.78, 5) is 1.24. The van der Waals surface area contributed by atoms with Gasteiger partial charge in [0.15, 0.2) is 0 Å². The standard InChI is InChI=1S/C13H21NO2S/c1-11-3-4-13(17-8-6-15)12(9-11)10-14-5-7-16-2/h3-4,9,14-15H,5-8,10H2,1-2H3. The molecule has 0 saturated heterocycles. The van der Waals surface area contributed by atoms with Crippen LogP contribution in [0.25, 0.3) is 0 Å². The van der Waals surface area contributed by atoms with Gasteiger partial charge in [0.05, 0.1) is 13.2 Å². The Hall–Kier alpha value is -0.550. The molecular formula is C13H21NO2S. The summed E-state index contributed by atoms with van der Waals surface area (Å²) < 4.78 is 5.00. The van der Waals surface area contributed by atoms with Gasteiger partial charge < -0.3 is 15.2 Å². The molecule has 3 nitrogen and oxygen atoms in total. The highest BCUT2D eigenvalue weighted by molar-refractivity contribution is 7.99. The number of nitrogens with one attached hydrogen (secondary N) is 1. The molecule has 0 aliphatic rings. The number of aryl methyl sites for hydroxylation is 1. The van der Waals surface area contributed by atoms with Gasteiger partial charge in [-0.2, -0.15) is 0 Å². The predicted octanol–water partition coefficient (Wildman–Crippen LogP) is 1.82. The molecule has 0 fully saturated rings. The molecule has 4 heteroatoms. The van der Waals surface area contributed by atoms with Crippen molar-refractivity contribution < 1.29 is 9.84 Å². The highest BCUT2D eigenvalue weighted by Gasteiger charge is 2.03. The SMILES string of the molecule is COCCNCc1cc(C)ccc1SCCO. The maximum Gasteiger partial charge on any atom is 0.0587 e. The summed E-state index contributed by atoms with van der Waals surface area (Å²) in [6, 6.07) is 6.43. The molecule has 0 aliphatic carbocycles. The van der Waals surface area contributed by atoms with Crippen LogP contribution in [0.5, 0.6) is 0 Å². The number of rotatable bonds is 8. The highest BCUT2D eigenvalue weighted by Crippen LogP contribution is 2.23. The average molecular weight is 255 g/mol. The second-order valence-electron chi connectivity index (χ2n) is 3.85. The van der Waals surface area contributed by atoms with E-state index in [9.17, 15) is 0 Å². The van der Waals surface area contributed by atoms with Gasteiger partial charge in [0, 0.05) is 30.8 Å². The van der Waals surface area contributed by atoms with Gasteiger partial charge >= 0.3 is 0 Å². The van der Waals surface area contributed by atoms with Crippen LogP contribution in [0.3, 0.4) is 0 Å². The van der Waals surface area contributed by atoms with Crippen molar-refractivity contribution >= 4 is 11.8 Å². The normalized spacial score (nSPS) is 10.8. The third-order valence-electron chi connectivity index (χ3n) is 2.36. The van der Waals surface area contributed by atoms with Crippen LogP contribution in [0.4, 0.5) is 0 Å². The summed E-state index contributed by atoms with van der Waals surface area (Å²) in [5.41, 5.74) is 2.56. The number of hydrogen-bond donors (Lipinski definition) is 2. The third kappa shape index (κ3) is 5.55. The molecule has 17 heavy (non-hydrogen) atoms. The third-order valence-corrected chi connectivity index (χ3v) is 3.46. The molecule has 0 spiro atoms. The van der Waals surface area contributed by atoms with Crippen LogP contribution in [-0.2, 0) is 11.3 Å². The van der Waals surface area contributed by atoms with Gasteiger partial charge in [-0.15, -0.1) is 11.8 Å². The molecule has 0 aliphatic heterocycles. The molecule has 0 aromatic heterocycles. The second kappa shape index (κ2) is 8.53. The predicted molar refractivity (Wildman–Crippen MR) is 72.6 cm³/mol. The largest absolute Gasteiger partial charge is 0.396 e. The summed E-state index contributed by atoms with van der Waals surface area (Å²) in [5, 5.41) is 12.2. The number of benzene rings is 1. The van der Waals surface area contributed by atoms with E-state index in [-0.39, 0.29) is 6.61 Å². The highest BCUT2D eigenvalue weighted by atomic mass is 32.2. The Kier molecular flexibility index (Phi) is 7.28. The van der Waals surface area contributed by atoms with Gasteiger partial charge in [-0.05, 0) is 18.6 Å². The molecule has 1 rings (SSSR count). The van der Waals surface area contributed by atoms with Crippen LogP contribution in [-0.4, -0.2) is 37.7 Å². The average Bonchev–Trinajstić information content (AvgIpc) is 2.33. The van der Waals surface area contributed by atoms with E-state index in [2.05, 4.69) is 30.4 Å². The van der Waals surface area contributed by atoms with Crippen molar-refractivity contribution in [1.82, 2.24) is 5.32 Å². The number of methoxy groups -OCH3 is 1. The zero-order valence-electron chi connectivity index (χ0n) is 10.5. The maximum absolute atomic E-state index is 8.87. The first kappa shape index (κ1) is 14.5. The topological polar surface area (TPSA) is 41.5 Å². The summed E-state index contributed by atoms with van der Waals surface area (Å²) in [5.74, 6) is 0.744. The second-order valence-corrected chi connectivity index (χ2v) is 4.99. The smallest absolute Gasteiger partial charge is 0.0587 e. The van der Waals surface area contributed by atoms with E-state index in [0.717, 1.165) is 25.4 Å². The molecule has 1 aromatic carbocycles. The number of aliphatic hydroxyl groups is 1. The quantitative estimate of drug-likeness (QED) is 0.549. The Bertz CT molecular complexity index is 331. The van der Waals surface area contributed by atoms with Crippen molar-refractivity contribution in [2.45, 2.75) is 18.4 Å². The lowest BCUT2D eigenvalue weighted by atomic mass is 10.1. The molecule has 1 aromatic rings. The number of aliphatic hydroxyl groups excluding tert-OH is 1. The minimum absolute atomic E-state index is 0.217. The van der Waals surface area contributed by atoms with Gasteiger partial charge in [-0.1, -0.05) is 17.7 Å². The minimum atomic E-state index is 0.217. The Morgan fingerprint density at radius 3 is 2.94 bits per heavy atom. The molecule has 96 valence electrons. The van der Waals surface area contributed by atoms with Crippen molar-refractivity contribution in [3.8, 4) is 0 Å². The van der Waals surface area contributed by atoms with E-state index >= 15 is 0 Å². The first-order valence-corrected chi connectivity index (χ1v) is 6.79. The first-order chi connectivity index (χ1) is 8.27. The first-order valence-electron chi connectivity index (χ1n) is 5.80. The molecule has 0 saturated carbocycles. The summed E-state index contributed by atoms with van der Waals surface area (Å²) in [6.45, 7) is 4.74. The van der Waals surface area contributed by atoms with Crippen molar-refractivity contribution in [3.05, 3.63) is 29.3 Å². The molecular weight excluding hydrogens is 234 g/mol. The summed E-state index contributed by atoms with van der Waals surface area (Å²) in [7, 11) is 1.71. The van der Waals surface area contributed by atoms with E-state index < -0.39 is 0 Å². The fourth-order valence-electron chi connectivity index (χ4n) is 1.54. The van der Waals surface area contributed by atoms with Gasteiger partial charge in [0.2, 0.25) is 0 Å². The van der Waals surface area contributed by atoms with Crippen LogP contribution in [0.1, 0.15) is 11.1 Å². The van der Waals surface area contributed by atoms with Crippen molar-refractivity contribution in [2.24, 2.45) is 0 Å². The Morgan fingerprint density at radius 2 is 2.24 bits per heavy atom. The lowest BCUT2D eigenvalue weighted by molar-refractivity contribution is 0.199. The fraction of sp³-hybridized carbons (Fsp3) is 0.538. The summed E-state index contributed by atoms with van der Waals surface area (Å²) in [6.07, 6.45) is 0. The van der Waals surface area contributed by atoms with Gasteiger partial charge in [-0.3, -0.25) is 0 Å². The van der Waals surface area contributed by atoms with Crippen LogP contribution in [0, 0.1) is 6.92 Å². The van der Waals surface area contributed by atoms with Crippen LogP contribution in [0.2, 0.25) is 0 Å². The molecule has 0 amide bonds. The van der Waals surface area contributed by atoms with Crippen LogP contribution in [0.15, 0.2) is 23.1 Å². The van der Waals surface area contributed by atoms with Gasteiger partial charge in [0.1, 0.15) is 0 Å². The molecule has 0 heterocycles. The van der Waals surface area contributed by atoms with Crippen molar-refractivity contribution in [2.75, 3.05) is 32.6 Å². The van der Waals surface area contributed by atoms with Crippen molar-refractivity contribution in [1.29, 1.82) is 0 Å². The Morgan fingerprint density at radius 1 is 1.41 bits per heavy atom. The number of ether oxygens (including phenoxy) is 1. The van der Waals surface area contributed by atoms with Crippen molar-refractivity contribution in [3.63, 3.8) is 0 Å². The fourth-order valence-corrected chi connectivity index (χ4v) is 2.33. The minimum Gasteiger partial charge on any atom is -0.396 e. The lowest BCUT2D eigenvalue weighted by Gasteiger charge is -2.11. The van der Waals surface area contributed by atoms with Crippen LogP contribution >= 0.6 is 11.8 Å². The summed E-state index contributed by atoms with van der Waals surface area (Å²) >= 11 is 1.70. The zero-order chi connectivity index (χ0) is 12.5. The van der Waals surface area contributed by atoms with E-state index in [1.165, 1.54) is 16.0 Å². The zero-order valence-corrected chi connectivity index (χ0v) is 11.3. The maximum atomic E-state index is 8.87. The van der Waals surface area contributed by atoms with E-state index in [0.29, 0.717) is 0 Å². The number of thioether (sulfide) groups is 1. The van der Waals surface area contributed by atoms with Gasteiger partial charge in [-0.25, -0.2) is 0 Å². The monoisotopic (exact) mass is 255 g/mol. The molecule has 0 bridgehead atoms. The van der Waals surface area contributed by atoms with Gasteiger partial charge in [0.25, 0.3) is 0 Å².